The second-order valence-electron chi connectivity index (χ2n) is 4.16. The molecule has 4 heteroatoms. The summed E-state index contributed by atoms with van der Waals surface area (Å²) < 4.78 is 13.5. The molecule has 0 spiro atoms. The van der Waals surface area contributed by atoms with Gasteiger partial charge in [0.25, 0.3) is 0 Å². The summed E-state index contributed by atoms with van der Waals surface area (Å²) in [5.41, 5.74) is 0.952. The van der Waals surface area contributed by atoms with Gasteiger partial charge in [0.1, 0.15) is 5.82 Å². The molecule has 3 nitrogen and oxygen atoms in total. The van der Waals surface area contributed by atoms with Crippen LogP contribution in [0.1, 0.15) is 11.1 Å². The maximum atomic E-state index is 13.5. The van der Waals surface area contributed by atoms with Gasteiger partial charge in [-0.25, -0.2) is 4.39 Å². The number of aliphatic hydroxyl groups is 1. The highest BCUT2D eigenvalue weighted by atomic mass is 19.1. The summed E-state index contributed by atoms with van der Waals surface area (Å²) in [4.78, 5) is 2.07. The molecule has 1 N–H and O–H groups in total. The van der Waals surface area contributed by atoms with Crippen molar-refractivity contribution in [3.63, 3.8) is 0 Å². The minimum atomic E-state index is -0.327. The summed E-state index contributed by atoms with van der Waals surface area (Å²) in [6, 6.07) is 6.45. The average Bonchev–Trinajstić information content (AvgIpc) is 2.24. The van der Waals surface area contributed by atoms with Gasteiger partial charge in [0.05, 0.1) is 11.6 Å². The van der Waals surface area contributed by atoms with Crippen LogP contribution < -0.4 is 0 Å². The van der Waals surface area contributed by atoms with E-state index in [0.29, 0.717) is 23.6 Å². The van der Waals surface area contributed by atoms with E-state index in [4.69, 9.17) is 10.4 Å². The number of nitrogens with zero attached hydrogens (tertiary/aromatic N) is 2. The van der Waals surface area contributed by atoms with Crippen LogP contribution in [0.15, 0.2) is 18.2 Å². The van der Waals surface area contributed by atoms with Crippen molar-refractivity contribution in [2.75, 3.05) is 19.7 Å². The molecule has 0 aromatic heterocycles. The number of benzene rings is 1. The summed E-state index contributed by atoms with van der Waals surface area (Å²) in [6.07, 6.45) is 0. The Balaban J connectivity index is 1.98. The van der Waals surface area contributed by atoms with Crippen LogP contribution in [0.25, 0.3) is 0 Å². The molecule has 1 fully saturated rings. The monoisotopic (exact) mass is 220 g/mol. The van der Waals surface area contributed by atoms with Crippen LogP contribution >= 0.6 is 0 Å². The van der Waals surface area contributed by atoms with Gasteiger partial charge in [0, 0.05) is 37.7 Å². The number of nitriles is 1. The Labute approximate surface area is 93.7 Å². The molecular weight excluding hydrogens is 207 g/mol. The van der Waals surface area contributed by atoms with Gasteiger partial charge in [0.2, 0.25) is 0 Å². The van der Waals surface area contributed by atoms with Crippen molar-refractivity contribution in [3.8, 4) is 6.07 Å². The van der Waals surface area contributed by atoms with Gasteiger partial charge in [0.15, 0.2) is 0 Å². The number of aliphatic hydroxyl groups excluding tert-OH is 1. The van der Waals surface area contributed by atoms with Gasteiger partial charge in [-0.1, -0.05) is 6.07 Å². The molecule has 0 saturated carbocycles. The largest absolute Gasteiger partial charge is 0.396 e. The van der Waals surface area contributed by atoms with E-state index < -0.39 is 0 Å². The predicted molar refractivity (Wildman–Crippen MR) is 57.0 cm³/mol. The first-order chi connectivity index (χ1) is 7.72. The van der Waals surface area contributed by atoms with E-state index in [1.807, 2.05) is 6.07 Å². The first-order valence-corrected chi connectivity index (χ1v) is 5.24. The van der Waals surface area contributed by atoms with Crippen LogP contribution in [0.3, 0.4) is 0 Å². The van der Waals surface area contributed by atoms with Crippen LogP contribution in [-0.4, -0.2) is 29.7 Å². The third-order valence-electron chi connectivity index (χ3n) is 2.87. The molecule has 1 aliphatic rings. The fourth-order valence-corrected chi connectivity index (χ4v) is 1.91. The minimum absolute atomic E-state index is 0.201. The zero-order valence-corrected chi connectivity index (χ0v) is 8.86. The van der Waals surface area contributed by atoms with E-state index in [1.54, 1.807) is 12.1 Å². The van der Waals surface area contributed by atoms with Crippen LogP contribution in [0.2, 0.25) is 0 Å². The zero-order chi connectivity index (χ0) is 11.5. The van der Waals surface area contributed by atoms with Crippen LogP contribution in [0.5, 0.6) is 0 Å². The van der Waals surface area contributed by atoms with Crippen molar-refractivity contribution in [2.24, 2.45) is 5.92 Å². The Morgan fingerprint density at radius 2 is 2.25 bits per heavy atom. The van der Waals surface area contributed by atoms with Gasteiger partial charge in [-0.2, -0.15) is 5.26 Å². The zero-order valence-electron chi connectivity index (χ0n) is 8.86. The molecule has 1 saturated heterocycles. The van der Waals surface area contributed by atoms with Gasteiger partial charge in [-0.15, -0.1) is 0 Å². The van der Waals surface area contributed by atoms with E-state index in [2.05, 4.69) is 4.90 Å². The standard InChI is InChI=1S/C12H13FN2O/c13-12-3-9(4-14)1-2-11(12)7-15-5-10(6-15)8-16/h1-3,10,16H,5-8H2. The summed E-state index contributed by atoms with van der Waals surface area (Å²) in [5.74, 6) is 0.00735. The molecule has 1 heterocycles. The SMILES string of the molecule is N#Cc1ccc(CN2CC(CO)C2)c(F)c1. The van der Waals surface area contributed by atoms with Crippen LogP contribution in [0.4, 0.5) is 4.39 Å². The Hall–Kier alpha value is -1.44. The first kappa shape index (κ1) is 11.1. The Morgan fingerprint density at radius 1 is 1.50 bits per heavy atom. The summed E-state index contributed by atoms with van der Waals surface area (Å²) in [7, 11) is 0. The number of hydrogen-bond donors (Lipinski definition) is 1. The maximum Gasteiger partial charge on any atom is 0.129 e. The average molecular weight is 220 g/mol. The molecule has 0 radical (unpaired) electrons. The van der Waals surface area contributed by atoms with E-state index in [9.17, 15) is 4.39 Å². The molecule has 1 aromatic carbocycles. The molecule has 1 aliphatic heterocycles. The lowest BCUT2D eigenvalue weighted by Crippen LogP contribution is -2.47. The molecule has 2 rings (SSSR count). The summed E-state index contributed by atoms with van der Waals surface area (Å²) in [5, 5.41) is 17.5. The van der Waals surface area contributed by atoms with Gasteiger partial charge < -0.3 is 5.11 Å². The second kappa shape index (κ2) is 4.60. The third kappa shape index (κ3) is 2.21. The summed E-state index contributed by atoms with van der Waals surface area (Å²) in [6.45, 7) is 2.38. The van der Waals surface area contributed by atoms with Crippen LogP contribution in [0, 0.1) is 23.1 Å². The van der Waals surface area contributed by atoms with Gasteiger partial charge in [-0.05, 0) is 12.1 Å². The van der Waals surface area contributed by atoms with Gasteiger partial charge >= 0.3 is 0 Å². The van der Waals surface area contributed by atoms with Crippen molar-refractivity contribution in [1.29, 1.82) is 5.26 Å². The number of rotatable bonds is 3. The molecule has 0 aliphatic carbocycles. The molecule has 0 bridgehead atoms. The van der Waals surface area contributed by atoms with Crippen molar-refractivity contribution in [1.82, 2.24) is 4.90 Å². The second-order valence-corrected chi connectivity index (χ2v) is 4.16. The lowest BCUT2D eigenvalue weighted by Gasteiger charge is -2.38. The lowest BCUT2D eigenvalue weighted by molar-refractivity contribution is 0.0471. The van der Waals surface area contributed by atoms with Crippen molar-refractivity contribution < 1.29 is 9.50 Å². The topological polar surface area (TPSA) is 47.3 Å². The molecule has 16 heavy (non-hydrogen) atoms. The Bertz CT molecular complexity index is 422. The highest BCUT2D eigenvalue weighted by molar-refractivity contribution is 5.32. The molecule has 84 valence electrons. The highest BCUT2D eigenvalue weighted by Crippen LogP contribution is 2.19. The Kier molecular flexibility index (Phi) is 3.18. The molecular formula is C12H13FN2O. The fraction of sp³-hybridized carbons (Fsp3) is 0.417. The minimum Gasteiger partial charge on any atom is -0.396 e. The number of halogens is 1. The number of hydrogen-bond acceptors (Lipinski definition) is 3. The van der Waals surface area contributed by atoms with E-state index in [-0.39, 0.29) is 12.4 Å². The van der Waals surface area contributed by atoms with Crippen molar-refractivity contribution >= 4 is 0 Å². The predicted octanol–water partition coefficient (Wildman–Crippen LogP) is 1.12. The Morgan fingerprint density at radius 3 is 2.81 bits per heavy atom. The number of likely N-dealkylation sites (tertiary alicyclic amines) is 1. The smallest absolute Gasteiger partial charge is 0.129 e. The first-order valence-electron chi connectivity index (χ1n) is 5.24. The van der Waals surface area contributed by atoms with E-state index >= 15 is 0 Å². The lowest BCUT2D eigenvalue weighted by atomic mass is 10.00. The molecule has 0 atom stereocenters. The maximum absolute atomic E-state index is 13.5. The summed E-state index contributed by atoms with van der Waals surface area (Å²) >= 11 is 0. The van der Waals surface area contributed by atoms with Crippen LogP contribution in [-0.2, 0) is 6.54 Å². The van der Waals surface area contributed by atoms with Crippen molar-refractivity contribution in [3.05, 3.63) is 35.1 Å². The molecule has 0 amide bonds. The fourth-order valence-electron chi connectivity index (χ4n) is 1.91. The van der Waals surface area contributed by atoms with Gasteiger partial charge in [-0.3, -0.25) is 4.90 Å². The highest BCUT2D eigenvalue weighted by Gasteiger charge is 2.26. The normalized spacial score (nSPS) is 16.8. The van der Waals surface area contributed by atoms with E-state index in [1.165, 1.54) is 6.07 Å². The van der Waals surface area contributed by atoms with Crippen molar-refractivity contribution in [2.45, 2.75) is 6.54 Å². The molecule has 1 aromatic rings. The third-order valence-corrected chi connectivity index (χ3v) is 2.87. The quantitative estimate of drug-likeness (QED) is 0.830. The molecule has 0 unspecified atom stereocenters. The van der Waals surface area contributed by atoms with E-state index in [0.717, 1.165) is 13.1 Å².